The van der Waals surface area contributed by atoms with Crippen molar-refractivity contribution in [3.63, 3.8) is 0 Å². The number of anilines is 1. The Kier molecular flexibility index (Phi) is 6.11. The van der Waals surface area contributed by atoms with E-state index in [9.17, 15) is 4.79 Å². The van der Waals surface area contributed by atoms with Gasteiger partial charge in [0.25, 0.3) is 0 Å². The SMILES string of the molecule is CNC(=O)Oc1ccc2nc(-c3ccc4ccccc4c3)n(-c3ccnc(NC4CCOCC4)n3)c2c1. The Labute approximate surface area is 213 Å². The topological polar surface area (TPSA) is 103 Å². The molecule has 2 aromatic heterocycles. The minimum absolute atomic E-state index is 0.260. The predicted octanol–water partition coefficient (Wildman–Crippen LogP) is 4.94. The molecule has 3 heterocycles. The molecule has 0 radical (unpaired) electrons. The van der Waals surface area contributed by atoms with Gasteiger partial charge in [-0.15, -0.1) is 0 Å². The number of amides is 1. The Morgan fingerprint density at radius 2 is 1.84 bits per heavy atom. The van der Waals surface area contributed by atoms with E-state index in [2.05, 4.69) is 45.9 Å². The van der Waals surface area contributed by atoms with Gasteiger partial charge in [-0.25, -0.2) is 14.8 Å². The van der Waals surface area contributed by atoms with E-state index in [1.165, 1.54) is 7.05 Å². The van der Waals surface area contributed by atoms with Gasteiger partial charge in [0.2, 0.25) is 5.95 Å². The van der Waals surface area contributed by atoms with E-state index in [4.69, 9.17) is 19.4 Å². The zero-order valence-electron chi connectivity index (χ0n) is 20.3. The fourth-order valence-electron chi connectivity index (χ4n) is 4.60. The molecular formula is C28H26N6O3. The van der Waals surface area contributed by atoms with Crippen molar-refractivity contribution >= 4 is 33.8 Å². The summed E-state index contributed by atoms with van der Waals surface area (Å²) in [5.74, 6) is 2.35. The number of carbonyl (C=O) groups is 1. The van der Waals surface area contributed by atoms with Crippen molar-refractivity contribution < 1.29 is 14.3 Å². The van der Waals surface area contributed by atoms with Gasteiger partial charge in [-0.1, -0.05) is 36.4 Å². The number of nitrogens with zero attached hydrogens (tertiary/aromatic N) is 4. The molecule has 37 heavy (non-hydrogen) atoms. The van der Waals surface area contributed by atoms with Crippen LogP contribution in [-0.2, 0) is 4.74 Å². The van der Waals surface area contributed by atoms with Crippen molar-refractivity contribution in [2.45, 2.75) is 18.9 Å². The van der Waals surface area contributed by atoms with Gasteiger partial charge in [0, 0.05) is 44.1 Å². The maximum atomic E-state index is 11.9. The molecule has 186 valence electrons. The van der Waals surface area contributed by atoms with Crippen LogP contribution in [0.15, 0.2) is 72.9 Å². The first-order valence-corrected chi connectivity index (χ1v) is 12.3. The molecule has 1 aliphatic heterocycles. The van der Waals surface area contributed by atoms with Gasteiger partial charge in [-0.3, -0.25) is 4.57 Å². The van der Waals surface area contributed by atoms with Crippen molar-refractivity contribution in [1.29, 1.82) is 0 Å². The molecule has 6 rings (SSSR count). The van der Waals surface area contributed by atoms with Crippen molar-refractivity contribution in [2.24, 2.45) is 0 Å². The second kappa shape index (κ2) is 9.87. The molecule has 3 aromatic carbocycles. The van der Waals surface area contributed by atoms with E-state index in [-0.39, 0.29) is 6.04 Å². The number of benzene rings is 3. The summed E-state index contributed by atoms with van der Waals surface area (Å²) in [7, 11) is 1.52. The lowest BCUT2D eigenvalue weighted by Crippen LogP contribution is -2.28. The number of rotatable bonds is 5. The highest BCUT2D eigenvalue weighted by atomic mass is 16.5. The van der Waals surface area contributed by atoms with Crippen LogP contribution in [0.3, 0.4) is 0 Å². The summed E-state index contributed by atoms with van der Waals surface area (Å²) >= 11 is 0. The summed E-state index contributed by atoms with van der Waals surface area (Å²) in [5, 5.41) is 8.20. The fraction of sp³-hybridized carbons (Fsp3) is 0.214. The standard InChI is InChI=1S/C28H26N6O3/c1-29-28(35)37-22-8-9-23-24(17-22)34(25-10-13-30-27(33-25)31-21-11-14-36-15-12-21)26(32-23)20-7-6-18-4-2-3-5-19(18)16-20/h2-10,13,16-17,21H,11-12,14-15H2,1H3,(H,29,35)(H,30,31,33). The minimum atomic E-state index is -0.537. The van der Waals surface area contributed by atoms with E-state index in [1.807, 2.05) is 28.8 Å². The van der Waals surface area contributed by atoms with E-state index < -0.39 is 6.09 Å². The third kappa shape index (κ3) is 4.68. The molecule has 9 nitrogen and oxygen atoms in total. The molecule has 0 spiro atoms. The number of fused-ring (bicyclic) bond motifs is 2. The Hall–Kier alpha value is -4.50. The van der Waals surface area contributed by atoms with E-state index in [0.29, 0.717) is 17.5 Å². The maximum absolute atomic E-state index is 11.9. The van der Waals surface area contributed by atoms with Crippen molar-refractivity contribution in [1.82, 2.24) is 24.8 Å². The van der Waals surface area contributed by atoms with Gasteiger partial charge < -0.3 is 20.1 Å². The third-order valence-electron chi connectivity index (χ3n) is 6.47. The number of imidazole rings is 1. The normalized spacial score (nSPS) is 14.1. The van der Waals surface area contributed by atoms with Crippen LogP contribution in [0.5, 0.6) is 5.75 Å². The summed E-state index contributed by atoms with van der Waals surface area (Å²) in [6, 6.07) is 22.0. The summed E-state index contributed by atoms with van der Waals surface area (Å²) in [5.41, 5.74) is 2.46. The lowest BCUT2D eigenvalue weighted by atomic mass is 10.1. The van der Waals surface area contributed by atoms with Crippen LogP contribution >= 0.6 is 0 Å². The molecular weight excluding hydrogens is 468 g/mol. The minimum Gasteiger partial charge on any atom is -0.410 e. The van der Waals surface area contributed by atoms with Gasteiger partial charge >= 0.3 is 6.09 Å². The number of hydrogen-bond acceptors (Lipinski definition) is 7. The zero-order valence-corrected chi connectivity index (χ0v) is 20.3. The number of ether oxygens (including phenoxy) is 2. The quantitative estimate of drug-likeness (QED) is 0.357. The summed E-state index contributed by atoms with van der Waals surface area (Å²) in [4.78, 5) is 26.1. The highest BCUT2D eigenvalue weighted by Crippen LogP contribution is 2.32. The highest BCUT2D eigenvalue weighted by molar-refractivity contribution is 5.89. The second-order valence-electron chi connectivity index (χ2n) is 8.89. The number of carbonyl (C=O) groups excluding carboxylic acids is 1. The molecule has 0 atom stereocenters. The molecule has 1 amide bonds. The predicted molar refractivity (Wildman–Crippen MR) is 142 cm³/mol. The van der Waals surface area contributed by atoms with Crippen LogP contribution in [-0.4, -0.2) is 51.9 Å². The smallest absolute Gasteiger partial charge is 0.410 e. The molecule has 9 heteroatoms. The Balaban J connectivity index is 1.49. The zero-order chi connectivity index (χ0) is 25.2. The first-order valence-electron chi connectivity index (χ1n) is 12.3. The van der Waals surface area contributed by atoms with E-state index in [0.717, 1.165) is 59.2 Å². The molecule has 1 aliphatic rings. The Morgan fingerprint density at radius 1 is 1.00 bits per heavy atom. The van der Waals surface area contributed by atoms with Crippen LogP contribution in [0.4, 0.5) is 10.7 Å². The Bertz CT molecular complexity index is 1590. The Morgan fingerprint density at radius 3 is 2.68 bits per heavy atom. The van der Waals surface area contributed by atoms with Gasteiger partial charge in [0.1, 0.15) is 17.4 Å². The van der Waals surface area contributed by atoms with Gasteiger partial charge in [-0.2, -0.15) is 4.98 Å². The average Bonchev–Trinajstić information content (AvgIpc) is 3.32. The van der Waals surface area contributed by atoms with E-state index in [1.54, 1.807) is 18.3 Å². The summed E-state index contributed by atoms with van der Waals surface area (Å²) in [6.45, 7) is 1.45. The van der Waals surface area contributed by atoms with Crippen LogP contribution < -0.4 is 15.4 Å². The summed E-state index contributed by atoms with van der Waals surface area (Å²) in [6.07, 6.45) is 3.02. The molecule has 2 N–H and O–H groups in total. The average molecular weight is 495 g/mol. The van der Waals surface area contributed by atoms with Crippen molar-refractivity contribution in [3.05, 3.63) is 72.9 Å². The molecule has 0 aliphatic carbocycles. The van der Waals surface area contributed by atoms with Gasteiger partial charge in [0.05, 0.1) is 11.0 Å². The first kappa shape index (κ1) is 22.9. The fourth-order valence-corrected chi connectivity index (χ4v) is 4.60. The summed E-state index contributed by atoms with van der Waals surface area (Å²) < 4.78 is 12.9. The van der Waals surface area contributed by atoms with Crippen LogP contribution in [0.2, 0.25) is 0 Å². The monoisotopic (exact) mass is 494 g/mol. The largest absolute Gasteiger partial charge is 0.412 e. The van der Waals surface area contributed by atoms with Crippen LogP contribution in [0, 0.1) is 0 Å². The first-order chi connectivity index (χ1) is 18.2. The highest BCUT2D eigenvalue weighted by Gasteiger charge is 2.19. The number of nitrogens with one attached hydrogen (secondary N) is 2. The van der Waals surface area contributed by atoms with Crippen LogP contribution in [0.1, 0.15) is 12.8 Å². The maximum Gasteiger partial charge on any atom is 0.412 e. The van der Waals surface area contributed by atoms with Gasteiger partial charge in [-0.05, 0) is 47.9 Å². The molecule has 5 aromatic rings. The number of hydrogen-bond donors (Lipinski definition) is 2. The molecule has 0 bridgehead atoms. The molecule has 1 fully saturated rings. The van der Waals surface area contributed by atoms with E-state index >= 15 is 0 Å². The lowest BCUT2D eigenvalue weighted by molar-refractivity contribution is 0.0903. The lowest BCUT2D eigenvalue weighted by Gasteiger charge is -2.23. The molecule has 1 saturated heterocycles. The number of aromatic nitrogens is 4. The van der Waals surface area contributed by atoms with Crippen molar-refractivity contribution in [2.75, 3.05) is 25.6 Å². The van der Waals surface area contributed by atoms with Crippen LogP contribution in [0.25, 0.3) is 39.0 Å². The molecule has 0 unspecified atom stereocenters. The second-order valence-corrected chi connectivity index (χ2v) is 8.89. The van der Waals surface area contributed by atoms with Gasteiger partial charge in [0.15, 0.2) is 0 Å². The molecule has 0 saturated carbocycles. The van der Waals surface area contributed by atoms with Crippen molar-refractivity contribution in [3.8, 4) is 23.0 Å². The third-order valence-corrected chi connectivity index (χ3v) is 6.47.